The molecule has 1 aromatic rings. The zero-order valence-corrected chi connectivity index (χ0v) is 12.0. The van der Waals surface area contributed by atoms with Crippen LogP contribution in [-0.4, -0.2) is 35.9 Å². The zero-order valence-electron chi connectivity index (χ0n) is 11.2. The summed E-state index contributed by atoms with van der Waals surface area (Å²) in [5.74, 6) is 1.42. The highest BCUT2D eigenvalue weighted by molar-refractivity contribution is 7.98. The molecule has 1 atom stereocenters. The summed E-state index contributed by atoms with van der Waals surface area (Å²) in [5, 5.41) is 13.3. The van der Waals surface area contributed by atoms with Gasteiger partial charge in [0.1, 0.15) is 5.75 Å². The van der Waals surface area contributed by atoms with Gasteiger partial charge >= 0.3 is 0 Å². The van der Waals surface area contributed by atoms with Gasteiger partial charge < -0.3 is 20.9 Å². The molecule has 1 aromatic carbocycles. The Morgan fingerprint density at radius 1 is 1.44 bits per heavy atom. The van der Waals surface area contributed by atoms with Gasteiger partial charge in [0, 0.05) is 35.8 Å². The fourth-order valence-electron chi connectivity index (χ4n) is 1.63. The van der Waals surface area contributed by atoms with E-state index in [1.165, 1.54) is 0 Å². The van der Waals surface area contributed by atoms with Crippen molar-refractivity contribution in [3.05, 3.63) is 18.2 Å². The van der Waals surface area contributed by atoms with Gasteiger partial charge in [-0.25, -0.2) is 0 Å². The summed E-state index contributed by atoms with van der Waals surface area (Å²) in [6.07, 6.45) is 1.97. The minimum absolute atomic E-state index is 0.475. The van der Waals surface area contributed by atoms with Crippen molar-refractivity contribution in [3.8, 4) is 5.75 Å². The van der Waals surface area contributed by atoms with E-state index in [0.717, 1.165) is 11.4 Å². The summed E-state index contributed by atoms with van der Waals surface area (Å²) >= 11 is 1.62. The molecule has 0 spiro atoms. The van der Waals surface area contributed by atoms with Crippen molar-refractivity contribution < 1.29 is 9.84 Å². The maximum Gasteiger partial charge on any atom is 0.123 e. The largest absolute Gasteiger partial charge is 0.494 e. The molecule has 0 heterocycles. The fourth-order valence-corrected chi connectivity index (χ4v) is 2.35. The van der Waals surface area contributed by atoms with E-state index in [9.17, 15) is 5.11 Å². The molecule has 5 heteroatoms. The van der Waals surface area contributed by atoms with Crippen LogP contribution in [0.3, 0.4) is 0 Å². The Bertz CT molecular complexity index is 383. The van der Waals surface area contributed by atoms with Gasteiger partial charge in [0.25, 0.3) is 0 Å². The van der Waals surface area contributed by atoms with Gasteiger partial charge in [-0.2, -0.15) is 11.8 Å². The molecule has 1 rings (SSSR count). The maximum absolute atomic E-state index is 10.1. The monoisotopic (exact) mass is 270 g/mol. The molecule has 0 aliphatic carbocycles. The minimum Gasteiger partial charge on any atom is -0.494 e. The van der Waals surface area contributed by atoms with Crippen LogP contribution in [0.4, 0.5) is 11.4 Å². The molecule has 0 aromatic heterocycles. The highest BCUT2D eigenvalue weighted by Crippen LogP contribution is 2.23. The van der Waals surface area contributed by atoms with Gasteiger partial charge in [0.15, 0.2) is 0 Å². The second kappa shape index (κ2) is 6.75. The van der Waals surface area contributed by atoms with Crippen molar-refractivity contribution in [2.45, 2.75) is 19.4 Å². The predicted molar refractivity (Wildman–Crippen MR) is 79.5 cm³/mol. The Balaban J connectivity index is 2.66. The zero-order chi connectivity index (χ0) is 13.6. The standard InChI is InChI=1S/C13H22N2O2S/c1-4-17-12-6-10(14)5-11(7-12)15-8-13(2,16)9-18-3/h5-7,15-16H,4,8-9,14H2,1-3H3. The van der Waals surface area contributed by atoms with E-state index < -0.39 is 5.60 Å². The van der Waals surface area contributed by atoms with Gasteiger partial charge in [-0.05, 0) is 26.2 Å². The first-order valence-electron chi connectivity index (χ1n) is 5.95. The molecule has 0 radical (unpaired) electrons. The van der Waals surface area contributed by atoms with E-state index >= 15 is 0 Å². The first-order valence-corrected chi connectivity index (χ1v) is 7.35. The van der Waals surface area contributed by atoms with Crippen molar-refractivity contribution in [1.29, 1.82) is 0 Å². The van der Waals surface area contributed by atoms with Gasteiger partial charge in [0.05, 0.1) is 12.2 Å². The van der Waals surface area contributed by atoms with Crippen LogP contribution in [0.5, 0.6) is 5.75 Å². The molecular formula is C13H22N2O2S. The SMILES string of the molecule is CCOc1cc(N)cc(NCC(C)(O)CSC)c1. The third-order valence-electron chi connectivity index (χ3n) is 2.37. The number of ether oxygens (including phenoxy) is 1. The van der Waals surface area contributed by atoms with Crippen molar-refractivity contribution >= 4 is 23.1 Å². The van der Waals surface area contributed by atoms with Crippen molar-refractivity contribution in [2.24, 2.45) is 0 Å². The lowest BCUT2D eigenvalue weighted by molar-refractivity contribution is 0.0997. The van der Waals surface area contributed by atoms with Gasteiger partial charge in [-0.15, -0.1) is 0 Å². The lowest BCUT2D eigenvalue weighted by Gasteiger charge is -2.23. The third kappa shape index (κ3) is 5.06. The quantitative estimate of drug-likeness (QED) is 0.663. The van der Waals surface area contributed by atoms with E-state index in [1.54, 1.807) is 17.8 Å². The molecule has 0 saturated heterocycles. The number of nitrogen functional groups attached to an aromatic ring is 1. The average molecular weight is 270 g/mol. The Morgan fingerprint density at radius 2 is 2.17 bits per heavy atom. The first-order chi connectivity index (χ1) is 8.46. The molecule has 4 N–H and O–H groups in total. The van der Waals surface area contributed by atoms with Crippen LogP contribution in [-0.2, 0) is 0 Å². The number of thioether (sulfide) groups is 1. The van der Waals surface area contributed by atoms with E-state index in [-0.39, 0.29) is 0 Å². The van der Waals surface area contributed by atoms with Crippen LogP contribution in [0.15, 0.2) is 18.2 Å². The number of nitrogens with one attached hydrogen (secondary N) is 1. The summed E-state index contributed by atoms with van der Waals surface area (Å²) < 4.78 is 5.42. The molecule has 18 heavy (non-hydrogen) atoms. The second-order valence-corrected chi connectivity index (χ2v) is 5.37. The first kappa shape index (κ1) is 15.0. The number of aliphatic hydroxyl groups is 1. The van der Waals surface area contributed by atoms with Crippen molar-refractivity contribution in [2.75, 3.05) is 36.2 Å². The summed E-state index contributed by atoms with van der Waals surface area (Å²) in [4.78, 5) is 0. The molecule has 0 saturated carbocycles. The molecule has 0 amide bonds. The van der Waals surface area contributed by atoms with Crippen LogP contribution in [0.25, 0.3) is 0 Å². The van der Waals surface area contributed by atoms with E-state index in [0.29, 0.717) is 24.6 Å². The number of hydrogen-bond acceptors (Lipinski definition) is 5. The molecular weight excluding hydrogens is 248 g/mol. The Morgan fingerprint density at radius 3 is 2.78 bits per heavy atom. The summed E-state index contributed by atoms with van der Waals surface area (Å²) in [6.45, 7) is 4.82. The lowest BCUT2D eigenvalue weighted by Crippen LogP contribution is -2.36. The normalized spacial score (nSPS) is 14.0. The summed E-state index contributed by atoms with van der Waals surface area (Å²) in [5.41, 5.74) is 6.57. The smallest absolute Gasteiger partial charge is 0.123 e. The molecule has 0 aliphatic heterocycles. The number of hydrogen-bond donors (Lipinski definition) is 3. The topological polar surface area (TPSA) is 67.5 Å². The van der Waals surface area contributed by atoms with E-state index in [1.807, 2.05) is 32.2 Å². The Hall–Kier alpha value is -1.07. The van der Waals surface area contributed by atoms with Crippen LogP contribution >= 0.6 is 11.8 Å². The van der Waals surface area contributed by atoms with Gasteiger partial charge in [-0.3, -0.25) is 0 Å². The third-order valence-corrected chi connectivity index (χ3v) is 3.28. The van der Waals surface area contributed by atoms with E-state index in [2.05, 4.69) is 5.32 Å². The highest BCUT2D eigenvalue weighted by Gasteiger charge is 2.19. The van der Waals surface area contributed by atoms with Gasteiger partial charge in [-0.1, -0.05) is 0 Å². The number of rotatable bonds is 7. The number of anilines is 2. The molecule has 0 fully saturated rings. The van der Waals surface area contributed by atoms with Gasteiger partial charge in [0.2, 0.25) is 0 Å². The van der Waals surface area contributed by atoms with Crippen LogP contribution in [0.1, 0.15) is 13.8 Å². The molecule has 4 nitrogen and oxygen atoms in total. The highest BCUT2D eigenvalue weighted by atomic mass is 32.2. The molecule has 102 valence electrons. The predicted octanol–water partition coefficient (Wildman–Crippen LogP) is 2.19. The van der Waals surface area contributed by atoms with E-state index in [4.69, 9.17) is 10.5 Å². The fraction of sp³-hybridized carbons (Fsp3) is 0.538. The van der Waals surface area contributed by atoms with Crippen molar-refractivity contribution in [1.82, 2.24) is 0 Å². The van der Waals surface area contributed by atoms with Crippen LogP contribution in [0, 0.1) is 0 Å². The maximum atomic E-state index is 10.1. The second-order valence-electron chi connectivity index (χ2n) is 4.51. The van der Waals surface area contributed by atoms with Crippen LogP contribution in [0.2, 0.25) is 0 Å². The average Bonchev–Trinajstić information content (AvgIpc) is 2.26. The Kier molecular flexibility index (Phi) is 5.62. The molecule has 0 bridgehead atoms. The number of nitrogens with two attached hydrogens (primary N) is 1. The summed E-state index contributed by atoms with van der Waals surface area (Å²) in [6, 6.07) is 5.50. The van der Waals surface area contributed by atoms with Crippen molar-refractivity contribution in [3.63, 3.8) is 0 Å². The lowest BCUT2D eigenvalue weighted by atomic mass is 10.1. The minimum atomic E-state index is -0.740. The van der Waals surface area contributed by atoms with Crippen LogP contribution < -0.4 is 15.8 Å². The molecule has 0 aliphatic rings. The Labute approximate surface area is 113 Å². The summed E-state index contributed by atoms with van der Waals surface area (Å²) in [7, 11) is 0. The molecule has 1 unspecified atom stereocenters. The number of benzene rings is 1.